The van der Waals surface area contributed by atoms with Crippen LogP contribution >= 0.6 is 0 Å². The normalized spacial score (nSPS) is 17.5. The molecule has 1 heterocycles. The van der Waals surface area contributed by atoms with Crippen LogP contribution in [0.15, 0.2) is 53.4 Å². The van der Waals surface area contributed by atoms with Crippen LogP contribution in [-0.4, -0.2) is 34.5 Å². The van der Waals surface area contributed by atoms with Crippen molar-refractivity contribution < 1.29 is 17.9 Å². The average Bonchev–Trinajstić information content (AvgIpc) is 3.02. The van der Waals surface area contributed by atoms with Crippen molar-refractivity contribution in [2.24, 2.45) is 5.92 Å². The van der Waals surface area contributed by atoms with Gasteiger partial charge in [-0.3, -0.25) is 4.79 Å². The van der Waals surface area contributed by atoms with E-state index < -0.39 is 10.0 Å². The van der Waals surface area contributed by atoms with E-state index in [0.29, 0.717) is 18.7 Å². The first-order valence-electron chi connectivity index (χ1n) is 8.40. The van der Waals surface area contributed by atoms with Crippen molar-refractivity contribution in [3.05, 3.63) is 54.1 Å². The number of aryl methyl sites for hydroxylation is 1. The summed E-state index contributed by atoms with van der Waals surface area (Å²) >= 11 is 0. The fourth-order valence-electron chi connectivity index (χ4n) is 2.96. The summed E-state index contributed by atoms with van der Waals surface area (Å²) in [6.07, 6.45) is 0.332. The van der Waals surface area contributed by atoms with Crippen LogP contribution in [-0.2, 0) is 14.8 Å². The van der Waals surface area contributed by atoms with Crippen LogP contribution in [0.2, 0.25) is 0 Å². The quantitative estimate of drug-likeness (QED) is 0.842. The molecule has 6 nitrogen and oxygen atoms in total. The molecule has 0 saturated carbocycles. The lowest BCUT2D eigenvalue weighted by molar-refractivity contribution is -0.117. The number of hydrogen-bond donors (Lipinski definition) is 1. The van der Waals surface area contributed by atoms with Crippen molar-refractivity contribution in [2.75, 3.05) is 25.1 Å². The summed E-state index contributed by atoms with van der Waals surface area (Å²) in [4.78, 5) is 14.2. The Balaban J connectivity index is 1.62. The van der Waals surface area contributed by atoms with E-state index in [-0.39, 0.29) is 23.3 Å². The summed E-state index contributed by atoms with van der Waals surface area (Å²) in [5, 5.41) is 0. The molecular weight excluding hydrogens is 352 g/mol. The van der Waals surface area contributed by atoms with Gasteiger partial charge in [0.05, 0.1) is 12.0 Å². The zero-order chi connectivity index (χ0) is 18.7. The number of hydrogen-bond acceptors (Lipinski definition) is 4. The Morgan fingerprint density at radius 1 is 1.12 bits per heavy atom. The minimum absolute atomic E-state index is 0.0162. The molecule has 3 rings (SSSR count). The minimum Gasteiger partial charge on any atom is -0.497 e. The largest absolute Gasteiger partial charge is 0.497 e. The van der Waals surface area contributed by atoms with Crippen LogP contribution in [0.1, 0.15) is 12.0 Å². The lowest BCUT2D eigenvalue weighted by Gasteiger charge is -2.17. The molecule has 1 unspecified atom stereocenters. The lowest BCUT2D eigenvalue weighted by Crippen LogP contribution is -2.31. The average molecular weight is 374 g/mol. The SMILES string of the molecule is COc1ccc(S(=O)(=O)NCC2CC(=O)N(c3ccc(C)cc3)C2)cc1. The maximum Gasteiger partial charge on any atom is 0.240 e. The van der Waals surface area contributed by atoms with Gasteiger partial charge in [0.25, 0.3) is 0 Å². The van der Waals surface area contributed by atoms with Gasteiger partial charge in [-0.05, 0) is 49.2 Å². The predicted octanol–water partition coefficient (Wildman–Crippen LogP) is 2.34. The van der Waals surface area contributed by atoms with Crippen LogP contribution in [0, 0.1) is 12.8 Å². The van der Waals surface area contributed by atoms with E-state index >= 15 is 0 Å². The molecule has 1 aliphatic heterocycles. The molecule has 1 fully saturated rings. The molecule has 1 saturated heterocycles. The van der Waals surface area contributed by atoms with Crippen molar-refractivity contribution in [1.82, 2.24) is 4.72 Å². The fraction of sp³-hybridized carbons (Fsp3) is 0.316. The van der Waals surface area contributed by atoms with Crippen LogP contribution in [0.25, 0.3) is 0 Å². The summed E-state index contributed by atoms with van der Waals surface area (Å²) in [6, 6.07) is 14.0. The van der Waals surface area contributed by atoms with Gasteiger partial charge in [0.1, 0.15) is 5.75 Å². The number of amides is 1. The number of sulfonamides is 1. The number of benzene rings is 2. The molecule has 1 aliphatic rings. The van der Waals surface area contributed by atoms with Gasteiger partial charge in [0.2, 0.25) is 15.9 Å². The Kier molecular flexibility index (Phi) is 5.29. The maximum atomic E-state index is 12.4. The Bertz CT molecular complexity index is 877. The first-order valence-corrected chi connectivity index (χ1v) is 9.88. The summed E-state index contributed by atoms with van der Waals surface area (Å²) < 4.78 is 32.5. The van der Waals surface area contributed by atoms with E-state index in [0.717, 1.165) is 11.3 Å². The van der Waals surface area contributed by atoms with Gasteiger partial charge in [-0.25, -0.2) is 13.1 Å². The number of nitrogens with one attached hydrogen (secondary N) is 1. The maximum absolute atomic E-state index is 12.4. The molecule has 1 amide bonds. The smallest absolute Gasteiger partial charge is 0.240 e. The van der Waals surface area contributed by atoms with Crippen molar-refractivity contribution in [3.8, 4) is 5.75 Å². The molecule has 0 aromatic heterocycles. The van der Waals surface area contributed by atoms with E-state index in [2.05, 4.69) is 4.72 Å². The van der Waals surface area contributed by atoms with Crippen LogP contribution in [0.3, 0.4) is 0 Å². The van der Waals surface area contributed by atoms with Gasteiger partial charge in [0.15, 0.2) is 0 Å². The van der Waals surface area contributed by atoms with E-state index in [1.807, 2.05) is 31.2 Å². The van der Waals surface area contributed by atoms with Crippen molar-refractivity contribution in [2.45, 2.75) is 18.2 Å². The van der Waals surface area contributed by atoms with Crippen molar-refractivity contribution in [1.29, 1.82) is 0 Å². The monoisotopic (exact) mass is 374 g/mol. The van der Waals surface area contributed by atoms with E-state index in [9.17, 15) is 13.2 Å². The molecule has 138 valence electrons. The third-order valence-corrected chi connectivity index (χ3v) is 5.92. The summed E-state index contributed by atoms with van der Waals surface area (Å²) in [7, 11) is -2.09. The molecular formula is C19H22N2O4S. The van der Waals surface area contributed by atoms with Gasteiger partial charge in [-0.1, -0.05) is 17.7 Å². The molecule has 7 heteroatoms. The van der Waals surface area contributed by atoms with Crippen LogP contribution < -0.4 is 14.4 Å². The second kappa shape index (κ2) is 7.47. The number of carbonyl (C=O) groups is 1. The highest BCUT2D eigenvalue weighted by Crippen LogP contribution is 2.25. The Labute approximate surface area is 153 Å². The number of methoxy groups -OCH3 is 1. The molecule has 26 heavy (non-hydrogen) atoms. The third-order valence-electron chi connectivity index (χ3n) is 4.48. The highest BCUT2D eigenvalue weighted by atomic mass is 32.2. The topological polar surface area (TPSA) is 75.7 Å². The lowest BCUT2D eigenvalue weighted by atomic mass is 10.1. The van der Waals surface area contributed by atoms with Crippen molar-refractivity contribution in [3.63, 3.8) is 0 Å². The number of rotatable bonds is 6. The minimum atomic E-state index is -3.61. The van der Waals surface area contributed by atoms with Crippen LogP contribution in [0.5, 0.6) is 5.75 Å². The molecule has 0 aliphatic carbocycles. The van der Waals surface area contributed by atoms with E-state index in [4.69, 9.17) is 4.74 Å². The van der Waals surface area contributed by atoms with Gasteiger partial charge >= 0.3 is 0 Å². The number of ether oxygens (including phenoxy) is 1. The van der Waals surface area contributed by atoms with Gasteiger partial charge in [0, 0.05) is 25.2 Å². The summed E-state index contributed by atoms with van der Waals surface area (Å²) in [5.74, 6) is 0.554. The zero-order valence-corrected chi connectivity index (χ0v) is 15.6. The summed E-state index contributed by atoms with van der Waals surface area (Å²) in [6.45, 7) is 2.72. The first kappa shape index (κ1) is 18.4. The molecule has 0 radical (unpaired) electrons. The van der Waals surface area contributed by atoms with E-state index in [1.165, 1.54) is 19.2 Å². The number of nitrogens with zero attached hydrogens (tertiary/aromatic N) is 1. The third kappa shape index (κ3) is 4.05. The zero-order valence-electron chi connectivity index (χ0n) is 14.8. The first-order chi connectivity index (χ1) is 12.4. The highest BCUT2D eigenvalue weighted by molar-refractivity contribution is 7.89. The Hall–Kier alpha value is -2.38. The second-order valence-electron chi connectivity index (χ2n) is 6.44. The molecule has 1 N–H and O–H groups in total. The second-order valence-corrected chi connectivity index (χ2v) is 8.20. The summed E-state index contributed by atoms with van der Waals surface area (Å²) in [5.41, 5.74) is 1.98. The van der Waals surface area contributed by atoms with E-state index in [1.54, 1.807) is 17.0 Å². The fourth-order valence-corrected chi connectivity index (χ4v) is 4.07. The molecule has 2 aromatic carbocycles. The van der Waals surface area contributed by atoms with Gasteiger partial charge in [-0.2, -0.15) is 0 Å². The Morgan fingerprint density at radius 3 is 2.38 bits per heavy atom. The highest BCUT2D eigenvalue weighted by Gasteiger charge is 2.31. The van der Waals surface area contributed by atoms with Crippen molar-refractivity contribution >= 4 is 21.6 Å². The molecule has 2 aromatic rings. The molecule has 0 bridgehead atoms. The molecule has 1 atom stereocenters. The standard InChI is InChI=1S/C19H22N2O4S/c1-14-3-5-16(6-4-14)21-13-15(11-19(21)22)12-20-26(23,24)18-9-7-17(25-2)8-10-18/h3-10,15,20H,11-13H2,1-2H3. The van der Waals surface area contributed by atoms with Gasteiger partial charge in [-0.15, -0.1) is 0 Å². The van der Waals surface area contributed by atoms with Crippen LogP contribution in [0.4, 0.5) is 5.69 Å². The van der Waals surface area contributed by atoms with Gasteiger partial charge < -0.3 is 9.64 Å². The Morgan fingerprint density at radius 2 is 1.77 bits per heavy atom. The predicted molar refractivity (Wildman–Crippen MR) is 99.8 cm³/mol. The number of carbonyl (C=O) groups excluding carboxylic acids is 1. The molecule has 0 spiro atoms. The number of anilines is 1.